The van der Waals surface area contributed by atoms with Crippen LogP contribution in [0.2, 0.25) is 0 Å². The fourth-order valence-electron chi connectivity index (χ4n) is 2.20. The van der Waals surface area contributed by atoms with E-state index in [4.69, 9.17) is 4.74 Å². The summed E-state index contributed by atoms with van der Waals surface area (Å²) >= 11 is 3.34. The topological polar surface area (TPSA) is 21.3 Å². The molecule has 0 saturated carbocycles. The van der Waals surface area contributed by atoms with Gasteiger partial charge in [0.15, 0.2) is 0 Å². The Morgan fingerprint density at radius 2 is 1.90 bits per heavy atom. The van der Waals surface area contributed by atoms with Gasteiger partial charge < -0.3 is 10.1 Å². The van der Waals surface area contributed by atoms with Gasteiger partial charge >= 0.3 is 0 Å². The molecule has 1 atom stereocenters. The molecule has 1 N–H and O–H groups in total. The number of rotatable bonds is 6. The normalized spacial score (nSPS) is 12.2. The molecule has 0 amide bonds. The highest BCUT2D eigenvalue weighted by Crippen LogP contribution is 2.23. The minimum absolute atomic E-state index is 0.257. The zero-order valence-corrected chi connectivity index (χ0v) is 13.8. The average molecular weight is 352 g/mol. The van der Waals surface area contributed by atoms with Crippen molar-refractivity contribution < 1.29 is 9.13 Å². The predicted octanol–water partition coefficient (Wildman–Crippen LogP) is 4.84. The second-order valence-corrected chi connectivity index (χ2v) is 5.70. The van der Waals surface area contributed by atoms with Crippen LogP contribution in [-0.4, -0.2) is 7.05 Å². The van der Waals surface area contributed by atoms with Gasteiger partial charge in [-0.05, 0) is 43.3 Å². The second kappa shape index (κ2) is 7.57. The Labute approximate surface area is 133 Å². The van der Waals surface area contributed by atoms with E-state index >= 15 is 0 Å². The van der Waals surface area contributed by atoms with Crippen LogP contribution in [0.4, 0.5) is 4.39 Å². The smallest absolute Gasteiger partial charge is 0.124 e. The predicted molar refractivity (Wildman–Crippen MR) is 87.0 cm³/mol. The molecule has 21 heavy (non-hydrogen) atoms. The molecule has 0 spiro atoms. The molecule has 4 heteroatoms. The Morgan fingerprint density at radius 1 is 1.19 bits per heavy atom. The number of benzene rings is 2. The maximum absolute atomic E-state index is 13.0. The summed E-state index contributed by atoms with van der Waals surface area (Å²) in [6.07, 6.45) is 1.04. The molecule has 2 aromatic rings. The molecule has 1 unspecified atom stereocenters. The van der Waals surface area contributed by atoms with E-state index in [1.54, 1.807) is 6.07 Å². The van der Waals surface area contributed by atoms with E-state index in [-0.39, 0.29) is 5.82 Å². The zero-order chi connectivity index (χ0) is 15.2. The summed E-state index contributed by atoms with van der Waals surface area (Å²) in [6.45, 7) is 2.56. The van der Waals surface area contributed by atoms with E-state index in [9.17, 15) is 4.39 Å². The van der Waals surface area contributed by atoms with E-state index in [0.29, 0.717) is 12.6 Å². The molecular formula is C17H19BrFNO. The largest absolute Gasteiger partial charge is 0.489 e. The van der Waals surface area contributed by atoms with Crippen molar-refractivity contribution in [1.29, 1.82) is 0 Å². The zero-order valence-electron chi connectivity index (χ0n) is 12.2. The van der Waals surface area contributed by atoms with Crippen LogP contribution >= 0.6 is 15.9 Å². The van der Waals surface area contributed by atoms with E-state index in [1.165, 1.54) is 17.7 Å². The van der Waals surface area contributed by atoms with Crippen molar-refractivity contribution in [2.45, 2.75) is 26.0 Å². The molecule has 2 nitrogen and oxygen atoms in total. The summed E-state index contributed by atoms with van der Waals surface area (Å²) in [6, 6.07) is 13.0. The Balaban J connectivity index is 2.00. The minimum atomic E-state index is -0.257. The van der Waals surface area contributed by atoms with Crippen molar-refractivity contribution in [1.82, 2.24) is 5.32 Å². The Morgan fingerprint density at radius 3 is 2.48 bits per heavy atom. The van der Waals surface area contributed by atoms with Crippen molar-refractivity contribution in [3.63, 3.8) is 0 Å². The van der Waals surface area contributed by atoms with Gasteiger partial charge in [0.25, 0.3) is 0 Å². The van der Waals surface area contributed by atoms with Crippen LogP contribution < -0.4 is 10.1 Å². The molecule has 0 saturated heterocycles. The first-order valence-corrected chi connectivity index (χ1v) is 7.77. The lowest BCUT2D eigenvalue weighted by Gasteiger charge is -2.15. The molecule has 0 radical (unpaired) electrons. The molecule has 2 aromatic carbocycles. The summed E-state index contributed by atoms with van der Waals surface area (Å²) < 4.78 is 19.5. The van der Waals surface area contributed by atoms with Crippen LogP contribution in [0, 0.1) is 5.82 Å². The van der Waals surface area contributed by atoms with Gasteiger partial charge in [-0.25, -0.2) is 4.39 Å². The summed E-state index contributed by atoms with van der Waals surface area (Å²) in [5.74, 6) is 0.550. The molecule has 0 fully saturated rings. The van der Waals surface area contributed by atoms with Crippen LogP contribution in [0.5, 0.6) is 5.75 Å². The molecule has 0 aromatic heterocycles. The van der Waals surface area contributed by atoms with Crippen molar-refractivity contribution in [3.8, 4) is 5.75 Å². The lowest BCUT2D eigenvalue weighted by molar-refractivity contribution is 0.305. The van der Waals surface area contributed by atoms with Gasteiger partial charge in [-0.2, -0.15) is 0 Å². The fraction of sp³-hybridized carbons (Fsp3) is 0.294. The molecule has 0 heterocycles. The summed E-state index contributed by atoms with van der Waals surface area (Å²) in [5.41, 5.74) is 2.16. The SMILES string of the molecule is CCC(NC)c1ccc(OCc2ccc(F)cc2Br)cc1. The number of hydrogen-bond donors (Lipinski definition) is 1. The van der Waals surface area contributed by atoms with E-state index in [2.05, 4.69) is 40.3 Å². The standard InChI is InChI=1S/C17H19BrFNO/c1-3-17(20-2)12-5-8-15(9-6-12)21-11-13-4-7-14(19)10-16(13)18/h4-10,17,20H,3,11H2,1-2H3. The average Bonchev–Trinajstić information content (AvgIpc) is 2.49. The van der Waals surface area contributed by atoms with Gasteiger partial charge in [-0.3, -0.25) is 0 Å². The van der Waals surface area contributed by atoms with E-state index in [0.717, 1.165) is 22.2 Å². The third-order valence-corrected chi connectivity index (χ3v) is 4.19. The van der Waals surface area contributed by atoms with Gasteiger partial charge in [-0.15, -0.1) is 0 Å². The summed E-state index contributed by atoms with van der Waals surface area (Å²) in [5, 5.41) is 3.28. The molecule has 0 aliphatic carbocycles. The highest BCUT2D eigenvalue weighted by molar-refractivity contribution is 9.10. The van der Waals surface area contributed by atoms with Gasteiger partial charge in [-0.1, -0.05) is 41.1 Å². The number of ether oxygens (including phenoxy) is 1. The molecule has 0 bridgehead atoms. The van der Waals surface area contributed by atoms with Crippen molar-refractivity contribution in [2.75, 3.05) is 7.05 Å². The summed E-state index contributed by atoms with van der Waals surface area (Å²) in [7, 11) is 1.96. The third-order valence-electron chi connectivity index (χ3n) is 3.45. The molecule has 2 rings (SSSR count). The van der Waals surface area contributed by atoms with Crippen LogP contribution in [0.15, 0.2) is 46.9 Å². The number of hydrogen-bond acceptors (Lipinski definition) is 2. The van der Waals surface area contributed by atoms with Gasteiger partial charge in [0.05, 0.1) is 0 Å². The first kappa shape index (κ1) is 16.0. The highest BCUT2D eigenvalue weighted by Gasteiger charge is 2.07. The summed E-state index contributed by atoms with van der Waals surface area (Å²) in [4.78, 5) is 0. The van der Waals surface area contributed by atoms with E-state index in [1.807, 2.05) is 19.2 Å². The lowest BCUT2D eigenvalue weighted by atomic mass is 10.0. The fourth-order valence-corrected chi connectivity index (χ4v) is 2.67. The van der Waals surface area contributed by atoms with Crippen LogP contribution in [0.3, 0.4) is 0 Å². The first-order valence-electron chi connectivity index (χ1n) is 6.98. The maximum atomic E-state index is 13.0. The third kappa shape index (κ3) is 4.29. The highest BCUT2D eigenvalue weighted by atomic mass is 79.9. The quantitative estimate of drug-likeness (QED) is 0.803. The van der Waals surface area contributed by atoms with Crippen molar-refractivity contribution in [2.24, 2.45) is 0 Å². The lowest BCUT2D eigenvalue weighted by Crippen LogP contribution is -2.14. The van der Waals surface area contributed by atoms with E-state index < -0.39 is 0 Å². The number of halogens is 2. The van der Waals surface area contributed by atoms with Crippen LogP contribution in [0.1, 0.15) is 30.5 Å². The van der Waals surface area contributed by atoms with Crippen molar-refractivity contribution in [3.05, 3.63) is 63.9 Å². The minimum Gasteiger partial charge on any atom is -0.489 e. The van der Waals surface area contributed by atoms with Crippen LogP contribution in [-0.2, 0) is 6.61 Å². The molecule has 112 valence electrons. The Kier molecular flexibility index (Phi) is 5.76. The molecular weight excluding hydrogens is 333 g/mol. The van der Waals surface area contributed by atoms with Gasteiger partial charge in [0.1, 0.15) is 18.2 Å². The maximum Gasteiger partial charge on any atom is 0.124 e. The van der Waals surface area contributed by atoms with Crippen LogP contribution in [0.25, 0.3) is 0 Å². The molecule has 0 aliphatic heterocycles. The monoisotopic (exact) mass is 351 g/mol. The van der Waals surface area contributed by atoms with Gasteiger partial charge in [0.2, 0.25) is 0 Å². The first-order chi connectivity index (χ1) is 10.1. The number of nitrogens with one attached hydrogen (secondary N) is 1. The Hall–Kier alpha value is -1.39. The van der Waals surface area contributed by atoms with Crippen molar-refractivity contribution >= 4 is 15.9 Å². The Bertz CT molecular complexity index is 582. The molecule has 0 aliphatic rings. The van der Waals surface area contributed by atoms with Gasteiger partial charge in [0, 0.05) is 16.1 Å². The second-order valence-electron chi connectivity index (χ2n) is 4.84.